The maximum absolute atomic E-state index is 2.49. The Balaban J connectivity index is 1.32. The zero-order valence-electron chi connectivity index (χ0n) is 29.9. The Morgan fingerprint density at radius 1 is 0.373 bits per heavy atom. The van der Waals surface area contributed by atoms with Crippen molar-refractivity contribution in [3.05, 3.63) is 179 Å². The summed E-state index contributed by atoms with van der Waals surface area (Å²) in [7, 11) is 0. The van der Waals surface area contributed by atoms with Crippen molar-refractivity contribution < 1.29 is 0 Å². The first kappa shape index (κ1) is 31.0. The monoisotopic (exact) mass is 657 g/mol. The molecule has 3 nitrogen and oxygen atoms in total. The summed E-state index contributed by atoms with van der Waals surface area (Å²) in [5.41, 5.74) is 20.8. The van der Waals surface area contributed by atoms with E-state index >= 15 is 0 Å². The van der Waals surface area contributed by atoms with Crippen LogP contribution in [0.2, 0.25) is 0 Å². The van der Waals surface area contributed by atoms with Gasteiger partial charge in [0.15, 0.2) is 0 Å². The van der Waals surface area contributed by atoms with Gasteiger partial charge in [0.1, 0.15) is 0 Å². The molecule has 246 valence electrons. The van der Waals surface area contributed by atoms with E-state index in [1.54, 1.807) is 0 Å². The van der Waals surface area contributed by atoms with Crippen molar-refractivity contribution in [3.8, 4) is 0 Å². The fourth-order valence-corrected chi connectivity index (χ4v) is 7.96. The Morgan fingerprint density at radius 3 is 1.35 bits per heavy atom. The summed E-state index contributed by atoms with van der Waals surface area (Å²) in [5, 5.41) is 0. The maximum atomic E-state index is 2.49. The molecular weight excluding hydrogens is 617 g/mol. The minimum absolute atomic E-state index is 0.0748. The first-order valence-electron chi connectivity index (χ1n) is 17.9. The number of nitrogens with zero attached hydrogens (tertiary/aromatic N) is 3. The number of rotatable bonds is 5. The van der Waals surface area contributed by atoms with Crippen molar-refractivity contribution >= 4 is 74.3 Å². The molecule has 2 heterocycles. The SMILES string of the molecule is Cc1ccc(N(c2ccc(C)cc2)c2ccc3c(c2)N(c2ccc(C)cc2)c2cccc4c2B3c2cc(C)ccc2N4c2ccc(C)cc2)cc1. The maximum Gasteiger partial charge on any atom is 0.252 e. The van der Waals surface area contributed by atoms with Crippen LogP contribution in [-0.2, 0) is 0 Å². The molecule has 2 aliphatic rings. The lowest BCUT2D eigenvalue weighted by molar-refractivity contribution is 1.23. The number of fused-ring (bicyclic) bond motifs is 4. The predicted molar refractivity (Wildman–Crippen MR) is 219 cm³/mol. The Hall–Kier alpha value is -6.00. The van der Waals surface area contributed by atoms with E-state index in [4.69, 9.17) is 0 Å². The van der Waals surface area contributed by atoms with Gasteiger partial charge in [-0.15, -0.1) is 0 Å². The molecule has 0 bridgehead atoms. The molecule has 0 aromatic heterocycles. The molecule has 7 aromatic rings. The van der Waals surface area contributed by atoms with Crippen LogP contribution in [0.1, 0.15) is 27.8 Å². The topological polar surface area (TPSA) is 9.72 Å². The van der Waals surface area contributed by atoms with Crippen molar-refractivity contribution in [2.75, 3.05) is 14.7 Å². The van der Waals surface area contributed by atoms with Gasteiger partial charge >= 0.3 is 0 Å². The van der Waals surface area contributed by atoms with Crippen LogP contribution in [0.25, 0.3) is 0 Å². The van der Waals surface area contributed by atoms with E-state index in [2.05, 4.69) is 201 Å². The molecule has 9 rings (SSSR count). The Kier molecular flexibility index (Phi) is 7.36. The lowest BCUT2D eigenvalue weighted by Crippen LogP contribution is -2.61. The molecule has 0 spiro atoms. The summed E-state index contributed by atoms with van der Waals surface area (Å²) < 4.78 is 0. The molecule has 0 N–H and O–H groups in total. The summed E-state index contributed by atoms with van der Waals surface area (Å²) in [6, 6.07) is 56.6. The van der Waals surface area contributed by atoms with Gasteiger partial charge in [-0.1, -0.05) is 101 Å². The summed E-state index contributed by atoms with van der Waals surface area (Å²) >= 11 is 0. The second-order valence-corrected chi connectivity index (χ2v) is 14.3. The van der Waals surface area contributed by atoms with Gasteiger partial charge in [-0.25, -0.2) is 0 Å². The first-order valence-corrected chi connectivity index (χ1v) is 17.9. The number of anilines is 9. The van der Waals surface area contributed by atoms with Crippen LogP contribution < -0.4 is 31.1 Å². The molecule has 0 saturated carbocycles. The van der Waals surface area contributed by atoms with Gasteiger partial charge < -0.3 is 14.7 Å². The summed E-state index contributed by atoms with van der Waals surface area (Å²) in [4.78, 5) is 7.34. The number of hydrogen-bond donors (Lipinski definition) is 0. The zero-order valence-corrected chi connectivity index (χ0v) is 29.9. The van der Waals surface area contributed by atoms with Crippen LogP contribution in [0.5, 0.6) is 0 Å². The molecule has 0 aliphatic carbocycles. The number of aryl methyl sites for hydroxylation is 5. The van der Waals surface area contributed by atoms with E-state index in [0.29, 0.717) is 0 Å². The van der Waals surface area contributed by atoms with Gasteiger partial charge in [-0.05, 0) is 130 Å². The highest BCUT2D eigenvalue weighted by Crippen LogP contribution is 2.45. The van der Waals surface area contributed by atoms with E-state index < -0.39 is 0 Å². The fraction of sp³-hybridized carbons (Fsp3) is 0.106. The Bertz CT molecular complexity index is 2370. The van der Waals surface area contributed by atoms with Crippen LogP contribution in [0.3, 0.4) is 0 Å². The van der Waals surface area contributed by atoms with Crippen LogP contribution >= 0.6 is 0 Å². The minimum Gasteiger partial charge on any atom is -0.311 e. The van der Waals surface area contributed by atoms with Crippen molar-refractivity contribution in [2.24, 2.45) is 0 Å². The molecule has 0 fully saturated rings. The van der Waals surface area contributed by atoms with E-state index in [9.17, 15) is 0 Å². The smallest absolute Gasteiger partial charge is 0.252 e. The van der Waals surface area contributed by atoms with E-state index in [1.807, 2.05) is 0 Å². The van der Waals surface area contributed by atoms with Gasteiger partial charge in [0, 0.05) is 51.2 Å². The molecule has 0 unspecified atom stereocenters. The molecule has 51 heavy (non-hydrogen) atoms. The summed E-state index contributed by atoms with van der Waals surface area (Å²) in [6.45, 7) is 10.9. The van der Waals surface area contributed by atoms with Gasteiger partial charge in [-0.3, -0.25) is 0 Å². The highest BCUT2D eigenvalue weighted by molar-refractivity contribution is 7.00. The van der Waals surface area contributed by atoms with Crippen molar-refractivity contribution in [1.82, 2.24) is 0 Å². The number of benzene rings is 7. The third-order valence-corrected chi connectivity index (χ3v) is 10.6. The quantitative estimate of drug-likeness (QED) is 0.171. The normalized spacial score (nSPS) is 12.7. The van der Waals surface area contributed by atoms with Gasteiger partial charge in [0.2, 0.25) is 0 Å². The molecule has 4 heteroatoms. The molecule has 0 atom stereocenters. The molecule has 0 amide bonds. The standard InChI is InChI=1S/C47H40BN3/c1-31-9-18-36(19-10-31)49(37-20-11-32(2)12-21-37)40-26-27-41-46(30-40)51(39-24-15-34(4)16-25-39)45-8-6-7-44-47(45)48(41)42-29-35(5)17-28-43(42)50(44)38-22-13-33(3)14-23-38/h6-30H,1-5H3. The van der Waals surface area contributed by atoms with Gasteiger partial charge in [0.05, 0.1) is 0 Å². The highest BCUT2D eigenvalue weighted by atomic mass is 15.2. The van der Waals surface area contributed by atoms with E-state index in [1.165, 1.54) is 72.6 Å². The van der Waals surface area contributed by atoms with Crippen LogP contribution in [0.15, 0.2) is 152 Å². The summed E-state index contributed by atoms with van der Waals surface area (Å²) in [5.74, 6) is 0. The Morgan fingerprint density at radius 2 is 0.824 bits per heavy atom. The molecule has 0 radical (unpaired) electrons. The van der Waals surface area contributed by atoms with Gasteiger partial charge in [-0.2, -0.15) is 0 Å². The lowest BCUT2D eigenvalue weighted by Gasteiger charge is -2.44. The van der Waals surface area contributed by atoms with E-state index in [0.717, 1.165) is 22.7 Å². The van der Waals surface area contributed by atoms with Crippen LogP contribution in [0, 0.1) is 34.6 Å². The fourth-order valence-electron chi connectivity index (χ4n) is 7.96. The molecule has 7 aromatic carbocycles. The lowest BCUT2D eigenvalue weighted by atomic mass is 9.33. The minimum atomic E-state index is 0.0748. The number of hydrogen-bond acceptors (Lipinski definition) is 3. The second kappa shape index (κ2) is 12.1. The molecule has 0 saturated heterocycles. The summed E-state index contributed by atoms with van der Waals surface area (Å²) in [6.07, 6.45) is 0. The van der Waals surface area contributed by atoms with Crippen molar-refractivity contribution in [2.45, 2.75) is 34.6 Å². The molecule has 2 aliphatic heterocycles. The second-order valence-electron chi connectivity index (χ2n) is 14.3. The average Bonchev–Trinajstić information content (AvgIpc) is 3.14. The predicted octanol–water partition coefficient (Wildman–Crippen LogP) is 10.8. The zero-order chi connectivity index (χ0) is 34.8. The van der Waals surface area contributed by atoms with E-state index in [-0.39, 0.29) is 6.71 Å². The van der Waals surface area contributed by atoms with Gasteiger partial charge in [0.25, 0.3) is 6.71 Å². The average molecular weight is 658 g/mol. The highest BCUT2D eigenvalue weighted by Gasteiger charge is 2.43. The van der Waals surface area contributed by atoms with Crippen LogP contribution in [0.4, 0.5) is 51.2 Å². The Labute approximate surface area is 302 Å². The van der Waals surface area contributed by atoms with Crippen molar-refractivity contribution in [1.29, 1.82) is 0 Å². The van der Waals surface area contributed by atoms with Crippen LogP contribution in [-0.4, -0.2) is 6.71 Å². The third-order valence-electron chi connectivity index (χ3n) is 10.6. The third kappa shape index (κ3) is 5.22. The largest absolute Gasteiger partial charge is 0.311 e. The molecular formula is C47H40BN3. The first-order chi connectivity index (χ1) is 24.8. The van der Waals surface area contributed by atoms with Crippen molar-refractivity contribution in [3.63, 3.8) is 0 Å².